The van der Waals surface area contributed by atoms with Gasteiger partial charge in [-0.2, -0.15) is 0 Å². The first kappa shape index (κ1) is 31.7. The molecule has 3 unspecified atom stereocenters. The van der Waals surface area contributed by atoms with Crippen LogP contribution in [0, 0.1) is 23.6 Å². The summed E-state index contributed by atoms with van der Waals surface area (Å²) in [5, 5.41) is 0.556. The van der Waals surface area contributed by atoms with Gasteiger partial charge in [-0.25, -0.2) is 4.39 Å². The average molecular weight is 610 g/mol. The highest BCUT2D eigenvalue weighted by Crippen LogP contribution is 2.45. The maximum Gasteiger partial charge on any atom is 0.184 e. The summed E-state index contributed by atoms with van der Waals surface area (Å²) in [5.74, 6) is 0.997. The van der Waals surface area contributed by atoms with E-state index in [1.165, 1.54) is 28.9 Å². The van der Waals surface area contributed by atoms with E-state index in [1.54, 1.807) is 7.11 Å². The molecule has 228 valence electrons. The minimum absolute atomic E-state index is 0.0459. The Labute approximate surface area is 266 Å². The molecule has 0 spiro atoms. The van der Waals surface area contributed by atoms with Crippen molar-refractivity contribution < 1.29 is 13.9 Å². The van der Waals surface area contributed by atoms with E-state index < -0.39 is 0 Å². The molecule has 2 aliphatic carbocycles. The number of carbonyl (C=O) groups is 1. The van der Waals surface area contributed by atoms with E-state index in [4.69, 9.17) is 21.3 Å². The summed E-state index contributed by atoms with van der Waals surface area (Å²) in [7, 11) is 1.60. The molecule has 44 heavy (non-hydrogen) atoms. The number of allylic oxidation sites excluding steroid dienone is 11. The molecule has 0 bridgehead atoms. The highest BCUT2D eigenvalue weighted by molar-refractivity contribution is 6.32. The van der Waals surface area contributed by atoms with E-state index in [0.29, 0.717) is 17.2 Å². The molecule has 0 aromatic heterocycles. The predicted molar refractivity (Wildman–Crippen MR) is 181 cm³/mol. The lowest BCUT2D eigenvalue weighted by Gasteiger charge is -2.33. The van der Waals surface area contributed by atoms with Crippen LogP contribution in [-0.2, 0) is 11.2 Å². The molecule has 2 aromatic carbocycles. The van der Waals surface area contributed by atoms with Gasteiger partial charge in [-0.1, -0.05) is 80.1 Å². The standard InChI is InChI=1S/C39H41ClFNO2/c1-6-28(20-27-11-16-35(40)37(21-27)44-5)39(43)31-10-8-7-9-30(17-24(2)18-31)38-26(4)23-42-36-19-25(3)33(22-34(36)38)29-12-14-32(41)15-13-29/h6,9,11-16,18,21-25,38H,4,7-8,10,17,19-20H2,1-3,5H3/b28-6+,30-9?,31-18?. The van der Waals surface area contributed by atoms with Crippen LogP contribution < -0.4 is 4.74 Å². The maximum absolute atomic E-state index is 13.8. The quantitative estimate of drug-likeness (QED) is 0.231. The number of methoxy groups -OCH3 is 1. The Morgan fingerprint density at radius 1 is 1.16 bits per heavy atom. The van der Waals surface area contributed by atoms with Crippen molar-refractivity contribution >= 4 is 29.2 Å². The summed E-state index contributed by atoms with van der Waals surface area (Å²) in [5.41, 5.74) is 9.53. The zero-order valence-electron chi connectivity index (χ0n) is 26.1. The molecule has 0 radical (unpaired) electrons. The number of hydrogen-bond donors (Lipinski definition) is 0. The van der Waals surface area contributed by atoms with Crippen LogP contribution in [0.15, 0.2) is 112 Å². The molecular formula is C39H41ClFNO2. The lowest BCUT2D eigenvalue weighted by molar-refractivity contribution is -0.112. The number of Topliss-reactive ketones (excluding diaryl/α,β-unsaturated/α-hetero) is 1. The Hall–Kier alpha value is -3.76. The van der Waals surface area contributed by atoms with Crippen LogP contribution in [-0.4, -0.2) is 19.1 Å². The van der Waals surface area contributed by atoms with Crippen molar-refractivity contribution in [3.8, 4) is 5.75 Å². The number of nitrogens with zero attached hydrogens (tertiary/aromatic N) is 1. The van der Waals surface area contributed by atoms with E-state index in [0.717, 1.165) is 65.6 Å². The fraction of sp³-hybridized carbons (Fsp3) is 0.333. The molecule has 0 amide bonds. The Bertz CT molecular complexity index is 1640. The second-order valence-electron chi connectivity index (χ2n) is 12.2. The van der Waals surface area contributed by atoms with E-state index in [9.17, 15) is 9.18 Å². The Kier molecular flexibility index (Phi) is 10.0. The Morgan fingerprint density at radius 2 is 1.93 bits per heavy atom. The lowest BCUT2D eigenvalue weighted by atomic mass is 9.73. The highest BCUT2D eigenvalue weighted by Gasteiger charge is 2.32. The topological polar surface area (TPSA) is 38.7 Å². The van der Waals surface area contributed by atoms with Gasteiger partial charge < -0.3 is 4.74 Å². The van der Waals surface area contributed by atoms with E-state index in [1.807, 2.05) is 49.5 Å². The van der Waals surface area contributed by atoms with Crippen molar-refractivity contribution in [3.63, 3.8) is 0 Å². The monoisotopic (exact) mass is 609 g/mol. The number of ether oxygens (including phenoxy) is 1. The molecule has 0 saturated carbocycles. The van der Waals surface area contributed by atoms with Crippen molar-refractivity contribution in [2.75, 3.05) is 7.11 Å². The summed E-state index contributed by atoms with van der Waals surface area (Å²) in [4.78, 5) is 18.7. The van der Waals surface area contributed by atoms with Crippen molar-refractivity contribution in [1.29, 1.82) is 0 Å². The molecule has 0 fully saturated rings. The predicted octanol–water partition coefficient (Wildman–Crippen LogP) is 10.2. The number of halogens is 2. The molecule has 3 atom stereocenters. The van der Waals surface area contributed by atoms with Crippen molar-refractivity contribution in [1.82, 2.24) is 0 Å². The van der Waals surface area contributed by atoms with Crippen molar-refractivity contribution in [2.24, 2.45) is 22.7 Å². The highest BCUT2D eigenvalue weighted by atomic mass is 35.5. The van der Waals surface area contributed by atoms with Crippen LogP contribution in [0.4, 0.5) is 4.39 Å². The second kappa shape index (κ2) is 13.9. The van der Waals surface area contributed by atoms with Gasteiger partial charge >= 0.3 is 0 Å². The molecule has 0 N–H and O–H groups in total. The van der Waals surface area contributed by atoms with E-state index in [-0.39, 0.29) is 29.4 Å². The van der Waals surface area contributed by atoms with Crippen LogP contribution in [0.3, 0.4) is 0 Å². The third-order valence-electron chi connectivity index (χ3n) is 8.93. The first-order chi connectivity index (χ1) is 21.2. The van der Waals surface area contributed by atoms with Crippen LogP contribution >= 0.6 is 11.6 Å². The third kappa shape index (κ3) is 6.97. The molecule has 0 saturated heterocycles. The van der Waals surface area contributed by atoms with Crippen molar-refractivity contribution in [2.45, 2.75) is 59.3 Å². The zero-order valence-corrected chi connectivity index (χ0v) is 26.9. The smallest absolute Gasteiger partial charge is 0.184 e. The van der Waals surface area contributed by atoms with E-state index >= 15 is 0 Å². The summed E-state index contributed by atoms with van der Waals surface area (Å²) >= 11 is 6.23. The largest absolute Gasteiger partial charge is 0.495 e. The molecule has 1 heterocycles. The van der Waals surface area contributed by atoms with Gasteiger partial charge in [-0.3, -0.25) is 9.79 Å². The SMILES string of the molecule is C=C1C=NC2=C(C=C(c3ccc(F)cc3)C(C)C2)C1C1=CCCCC(C(=O)/C(=C/C)Cc2ccc(Cl)c(OC)c2)=CC(C)C1. The number of rotatable bonds is 7. The van der Waals surface area contributed by atoms with Gasteiger partial charge in [0.05, 0.1) is 12.1 Å². The average Bonchev–Trinajstić information content (AvgIpc) is 3.10. The summed E-state index contributed by atoms with van der Waals surface area (Å²) in [6, 6.07) is 12.5. The van der Waals surface area contributed by atoms with Crippen LogP contribution in [0.25, 0.3) is 5.57 Å². The molecule has 5 heteroatoms. The molecule has 2 aromatic rings. The van der Waals surface area contributed by atoms with Crippen molar-refractivity contribution in [3.05, 3.63) is 129 Å². The normalized spacial score (nSPS) is 22.7. The fourth-order valence-electron chi connectivity index (χ4n) is 6.67. The van der Waals surface area contributed by atoms with Gasteiger partial charge in [0, 0.05) is 24.3 Å². The molecule has 1 aliphatic heterocycles. The molecule has 5 rings (SSSR count). The maximum atomic E-state index is 13.8. The Balaban J connectivity index is 1.39. The second-order valence-corrected chi connectivity index (χ2v) is 12.6. The first-order valence-corrected chi connectivity index (χ1v) is 15.9. The van der Waals surface area contributed by atoms with Gasteiger partial charge in [-0.15, -0.1) is 0 Å². The molecule has 3 aliphatic rings. The minimum Gasteiger partial charge on any atom is -0.495 e. The lowest BCUT2D eigenvalue weighted by Crippen LogP contribution is -2.21. The van der Waals surface area contributed by atoms with Gasteiger partial charge in [0.25, 0.3) is 0 Å². The summed E-state index contributed by atoms with van der Waals surface area (Å²) in [6.07, 6.45) is 15.4. The first-order valence-electron chi connectivity index (χ1n) is 15.5. The number of carbonyl (C=O) groups excluding carboxylic acids is 1. The van der Waals surface area contributed by atoms with Crippen LogP contribution in [0.5, 0.6) is 5.75 Å². The zero-order chi connectivity index (χ0) is 31.4. The molecular weight excluding hydrogens is 569 g/mol. The van der Waals surface area contributed by atoms with E-state index in [2.05, 4.69) is 38.7 Å². The Morgan fingerprint density at radius 3 is 2.66 bits per heavy atom. The summed E-state index contributed by atoms with van der Waals surface area (Å²) in [6.45, 7) is 10.8. The third-order valence-corrected chi connectivity index (χ3v) is 9.25. The number of benzene rings is 2. The van der Waals surface area contributed by atoms with Gasteiger partial charge in [0.1, 0.15) is 11.6 Å². The minimum atomic E-state index is -0.228. The number of ketones is 1. The summed E-state index contributed by atoms with van der Waals surface area (Å²) < 4.78 is 19.1. The molecule has 3 nitrogen and oxygen atoms in total. The van der Waals surface area contributed by atoms with Gasteiger partial charge in [0.2, 0.25) is 0 Å². The van der Waals surface area contributed by atoms with Crippen LogP contribution in [0.1, 0.15) is 64.0 Å². The van der Waals surface area contributed by atoms with Gasteiger partial charge in [-0.05, 0) is 114 Å². The number of hydrogen-bond acceptors (Lipinski definition) is 3. The number of aliphatic imine (C=N–C) groups is 1. The van der Waals surface area contributed by atoms with Gasteiger partial charge in [0.15, 0.2) is 5.78 Å². The fourth-order valence-corrected chi connectivity index (χ4v) is 6.87. The van der Waals surface area contributed by atoms with Crippen LogP contribution in [0.2, 0.25) is 5.02 Å².